The highest BCUT2D eigenvalue weighted by atomic mass is 32.1. The van der Waals surface area contributed by atoms with Gasteiger partial charge < -0.3 is 8.92 Å². The summed E-state index contributed by atoms with van der Waals surface area (Å²) in [5, 5.41) is 6.27. The molecule has 9 nitrogen and oxygen atoms in total. The maximum absolute atomic E-state index is 13.8. The summed E-state index contributed by atoms with van der Waals surface area (Å²) in [5.41, 5.74) is 5.05. The first kappa shape index (κ1) is 24.7. The number of rotatable bonds is 7. The molecule has 0 bridgehead atoms. The lowest BCUT2D eigenvalue weighted by molar-refractivity contribution is 0.100. The number of benzene rings is 2. The van der Waals surface area contributed by atoms with E-state index < -0.39 is 13.4 Å². The van der Waals surface area contributed by atoms with Crippen LogP contribution in [0.25, 0.3) is 27.5 Å². The normalized spacial score (nSPS) is 12.8. The van der Waals surface area contributed by atoms with Crippen LogP contribution in [0.3, 0.4) is 0 Å². The second kappa shape index (κ2) is 9.82. The number of imidazole rings is 1. The Kier molecular flexibility index (Phi) is 6.55. The number of carbonyl (C=O) groups is 1. The lowest BCUT2D eigenvalue weighted by atomic mass is 10.1. The average molecular weight is 532 g/mol. The molecule has 0 saturated heterocycles. The maximum Gasteiger partial charge on any atom is 0.330 e. The molecule has 5 aromatic rings. The Morgan fingerprint density at radius 3 is 2.49 bits per heavy atom. The van der Waals surface area contributed by atoms with E-state index in [9.17, 15) is 14.3 Å². The van der Waals surface area contributed by atoms with E-state index in [1.165, 1.54) is 7.11 Å². The molecule has 0 radical (unpaired) electrons. The molecule has 2 aromatic carbocycles. The highest BCUT2D eigenvalue weighted by Gasteiger charge is 2.31. The number of thiazole rings is 1. The summed E-state index contributed by atoms with van der Waals surface area (Å²) in [7, 11) is -2.34. The molecule has 0 fully saturated rings. The molecule has 3 heterocycles. The average Bonchev–Trinajstić information content (AvgIpc) is 3.52. The first-order valence-corrected chi connectivity index (χ1v) is 13.7. The van der Waals surface area contributed by atoms with Crippen molar-refractivity contribution in [2.45, 2.75) is 13.8 Å². The first-order chi connectivity index (χ1) is 17.8. The SMILES string of the molecule is COP(=O)(Nc1nc(-c2ccc(-c3cn4ccccc4n3)cc2)sc1C(=O)N=O)c1ccc(C)cc1C. The fourth-order valence-corrected chi connectivity index (χ4v) is 6.67. The molecule has 37 heavy (non-hydrogen) atoms. The van der Waals surface area contributed by atoms with Crippen LogP contribution in [-0.2, 0) is 9.09 Å². The summed E-state index contributed by atoms with van der Waals surface area (Å²) in [6.45, 7) is 3.76. The van der Waals surface area contributed by atoms with Crippen LogP contribution in [0.4, 0.5) is 5.82 Å². The number of fused-ring (bicyclic) bond motifs is 1. The highest BCUT2D eigenvalue weighted by molar-refractivity contribution is 7.68. The molecule has 1 atom stereocenters. The number of carbonyl (C=O) groups excluding carboxylic acids is 1. The van der Waals surface area contributed by atoms with Crippen LogP contribution in [0.5, 0.6) is 0 Å². The van der Waals surface area contributed by atoms with Gasteiger partial charge in [-0.3, -0.25) is 14.4 Å². The smallest absolute Gasteiger partial charge is 0.313 e. The fraction of sp³-hybridized carbons (Fsp3) is 0.115. The van der Waals surface area contributed by atoms with E-state index in [1.807, 2.05) is 85.2 Å². The van der Waals surface area contributed by atoms with Crippen molar-refractivity contribution in [2.75, 3.05) is 12.2 Å². The van der Waals surface area contributed by atoms with Crippen molar-refractivity contribution >= 4 is 41.5 Å². The third-order valence-corrected chi connectivity index (χ3v) is 9.12. The van der Waals surface area contributed by atoms with Gasteiger partial charge in [-0.15, -0.1) is 16.2 Å². The van der Waals surface area contributed by atoms with Crippen molar-refractivity contribution in [3.63, 3.8) is 0 Å². The molecular weight excluding hydrogens is 509 g/mol. The van der Waals surface area contributed by atoms with Crippen LogP contribution in [0.2, 0.25) is 0 Å². The van der Waals surface area contributed by atoms with Crippen molar-refractivity contribution in [2.24, 2.45) is 5.18 Å². The predicted molar refractivity (Wildman–Crippen MR) is 146 cm³/mol. The van der Waals surface area contributed by atoms with Gasteiger partial charge in [-0.05, 0) is 37.6 Å². The van der Waals surface area contributed by atoms with E-state index in [0.717, 1.165) is 39.4 Å². The molecule has 5 rings (SSSR count). The summed E-state index contributed by atoms with van der Waals surface area (Å²) in [6, 6.07) is 18.7. The third kappa shape index (κ3) is 4.74. The number of nitrogens with one attached hydrogen (secondary N) is 1. The molecule has 0 aliphatic rings. The number of hydrogen-bond donors (Lipinski definition) is 1. The fourth-order valence-electron chi connectivity index (χ4n) is 4.04. The summed E-state index contributed by atoms with van der Waals surface area (Å²) in [6.07, 6.45) is 3.87. The Balaban J connectivity index is 1.50. The standard InChI is InChI=1S/C26H22N5O4PS/c1-16-7-12-21(17(2)14-16)36(34,35-3)30-24-23(25(32)29-33)37-26(28-24)19-10-8-18(9-11-19)20-15-31-13-5-4-6-22(31)27-20/h4-15H,1-3H3,(H,30,34). The Labute approximate surface area is 216 Å². The van der Waals surface area contributed by atoms with Crippen molar-refractivity contribution in [3.8, 4) is 21.8 Å². The van der Waals surface area contributed by atoms with E-state index in [0.29, 0.717) is 15.9 Å². The minimum atomic E-state index is -3.66. The van der Waals surface area contributed by atoms with Crippen LogP contribution in [0, 0.1) is 18.8 Å². The van der Waals surface area contributed by atoms with Gasteiger partial charge >= 0.3 is 13.4 Å². The topological polar surface area (TPSA) is 115 Å². The van der Waals surface area contributed by atoms with Crippen molar-refractivity contribution < 1.29 is 13.9 Å². The van der Waals surface area contributed by atoms with Gasteiger partial charge in [-0.1, -0.05) is 48.0 Å². The van der Waals surface area contributed by atoms with E-state index in [4.69, 9.17) is 4.52 Å². The van der Waals surface area contributed by atoms with Crippen molar-refractivity contribution in [3.05, 3.63) is 94.0 Å². The van der Waals surface area contributed by atoms with Crippen molar-refractivity contribution in [1.82, 2.24) is 14.4 Å². The zero-order valence-corrected chi connectivity index (χ0v) is 21.9. The lowest BCUT2D eigenvalue weighted by Crippen LogP contribution is -2.17. The van der Waals surface area contributed by atoms with E-state index >= 15 is 0 Å². The van der Waals surface area contributed by atoms with Gasteiger partial charge in [0.1, 0.15) is 15.5 Å². The molecule has 11 heteroatoms. The molecule has 0 spiro atoms. The number of nitrogens with zero attached hydrogens (tertiary/aromatic N) is 4. The Morgan fingerprint density at radius 2 is 1.81 bits per heavy atom. The van der Waals surface area contributed by atoms with Gasteiger partial charge in [0.05, 0.1) is 11.0 Å². The number of amides is 1. The maximum atomic E-state index is 13.8. The molecule has 3 aromatic heterocycles. The van der Waals surface area contributed by atoms with E-state index in [-0.39, 0.29) is 10.7 Å². The highest BCUT2D eigenvalue weighted by Crippen LogP contribution is 2.47. The monoisotopic (exact) mass is 531 g/mol. The van der Waals surface area contributed by atoms with Gasteiger partial charge in [0.15, 0.2) is 5.82 Å². The van der Waals surface area contributed by atoms with Gasteiger partial charge in [-0.2, -0.15) is 0 Å². The number of hydrogen-bond acceptors (Lipinski definition) is 7. The van der Waals surface area contributed by atoms with Crippen LogP contribution in [-0.4, -0.2) is 27.4 Å². The van der Waals surface area contributed by atoms with E-state index in [2.05, 4.69) is 20.2 Å². The lowest BCUT2D eigenvalue weighted by Gasteiger charge is -2.20. The molecule has 0 aliphatic heterocycles. The second-order valence-corrected chi connectivity index (χ2v) is 11.6. The van der Waals surface area contributed by atoms with Gasteiger partial charge in [0.25, 0.3) is 0 Å². The van der Waals surface area contributed by atoms with Crippen LogP contribution < -0.4 is 10.4 Å². The molecule has 186 valence electrons. The predicted octanol–water partition coefficient (Wildman–Crippen LogP) is 6.23. The minimum Gasteiger partial charge on any atom is -0.313 e. The van der Waals surface area contributed by atoms with Gasteiger partial charge in [0, 0.05) is 35.8 Å². The number of aryl methyl sites for hydroxylation is 2. The zero-order valence-electron chi connectivity index (χ0n) is 20.2. The first-order valence-electron chi connectivity index (χ1n) is 11.3. The third-order valence-electron chi connectivity index (χ3n) is 5.88. The van der Waals surface area contributed by atoms with Crippen LogP contribution in [0.15, 0.2) is 78.2 Å². The second-order valence-electron chi connectivity index (χ2n) is 8.40. The summed E-state index contributed by atoms with van der Waals surface area (Å²) >= 11 is 0.990. The van der Waals surface area contributed by atoms with Crippen LogP contribution in [0.1, 0.15) is 20.8 Å². The Hall–Kier alpha value is -3.98. The van der Waals surface area contributed by atoms with Crippen molar-refractivity contribution in [1.29, 1.82) is 0 Å². The van der Waals surface area contributed by atoms with E-state index in [1.54, 1.807) is 6.07 Å². The molecule has 1 N–H and O–H groups in total. The number of anilines is 1. The number of pyridine rings is 1. The summed E-state index contributed by atoms with van der Waals surface area (Å²) in [5.74, 6) is -1.02. The van der Waals surface area contributed by atoms with Crippen LogP contribution >= 0.6 is 18.9 Å². The quantitative estimate of drug-likeness (QED) is 0.196. The Morgan fingerprint density at radius 1 is 1.05 bits per heavy atom. The number of aromatic nitrogens is 3. The zero-order chi connectivity index (χ0) is 26.2. The molecule has 0 aliphatic carbocycles. The van der Waals surface area contributed by atoms with Gasteiger partial charge in [0.2, 0.25) is 0 Å². The van der Waals surface area contributed by atoms with Gasteiger partial charge in [-0.25, -0.2) is 9.97 Å². The molecule has 1 amide bonds. The number of nitroso groups, excluding NO2 is 1. The molecule has 1 unspecified atom stereocenters. The Bertz CT molecular complexity index is 1660. The summed E-state index contributed by atoms with van der Waals surface area (Å²) < 4.78 is 21.1. The summed E-state index contributed by atoms with van der Waals surface area (Å²) in [4.78, 5) is 32.5. The largest absolute Gasteiger partial charge is 0.330 e. The molecule has 0 saturated carbocycles. The molecular formula is C26H22N5O4PS. The minimum absolute atomic E-state index is 0.0146.